The van der Waals surface area contributed by atoms with E-state index in [1.54, 1.807) is 13.2 Å². The number of benzene rings is 3. The summed E-state index contributed by atoms with van der Waals surface area (Å²) in [5.41, 5.74) is 5.06. The third-order valence-corrected chi connectivity index (χ3v) is 6.38. The van der Waals surface area contributed by atoms with Crippen molar-refractivity contribution in [2.24, 2.45) is 0 Å². The van der Waals surface area contributed by atoms with E-state index in [1.807, 2.05) is 44.6 Å². The smallest absolute Gasteiger partial charge is 0.252 e. The molecule has 6 heteroatoms. The third-order valence-electron chi connectivity index (χ3n) is 5.69. The Labute approximate surface area is 196 Å². The van der Waals surface area contributed by atoms with Gasteiger partial charge in [0.05, 0.1) is 12.7 Å². The molecule has 3 aromatic carbocycles. The van der Waals surface area contributed by atoms with Crippen molar-refractivity contribution in [3.63, 3.8) is 0 Å². The van der Waals surface area contributed by atoms with Crippen molar-refractivity contribution in [1.29, 1.82) is 0 Å². The Kier molecular flexibility index (Phi) is 6.51. The Morgan fingerprint density at radius 1 is 1.09 bits per heavy atom. The zero-order chi connectivity index (χ0) is 22.7. The van der Waals surface area contributed by atoms with Crippen LogP contribution in [0, 0.1) is 0 Å². The molecule has 0 aliphatic heterocycles. The number of anilines is 1. The average molecular weight is 492 g/mol. The average Bonchev–Trinajstić information content (AvgIpc) is 3.24. The van der Waals surface area contributed by atoms with E-state index >= 15 is 0 Å². The number of hydrogen-bond donors (Lipinski definition) is 2. The molecular formula is C26H26BrN3O2. The number of ether oxygens (including phenoxy) is 1. The fourth-order valence-corrected chi connectivity index (χ4v) is 4.32. The van der Waals surface area contributed by atoms with Crippen LogP contribution in [0.5, 0.6) is 5.75 Å². The molecule has 0 bridgehead atoms. The minimum Gasteiger partial charge on any atom is -0.497 e. The first kappa shape index (κ1) is 22.0. The number of carbonyl (C=O) groups excluding carboxylic acids is 1. The summed E-state index contributed by atoms with van der Waals surface area (Å²) in [5.74, 6) is 0.493. The Balaban J connectivity index is 1.66. The molecule has 0 fully saturated rings. The van der Waals surface area contributed by atoms with E-state index < -0.39 is 0 Å². The summed E-state index contributed by atoms with van der Waals surface area (Å²) in [6.07, 6.45) is 2.04. The molecule has 1 aromatic heterocycles. The van der Waals surface area contributed by atoms with Gasteiger partial charge in [-0.2, -0.15) is 0 Å². The van der Waals surface area contributed by atoms with Crippen molar-refractivity contribution in [3.8, 4) is 5.75 Å². The third kappa shape index (κ3) is 4.50. The van der Waals surface area contributed by atoms with Crippen LogP contribution in [0.2, 0.25) is 0 Å². The fourth-order valence-electron chi connectivity index (χ4n) is 3.89. The largest absolute Gasteiger partial charge is 0.497 e. The second kappa shape index (κ2) is 9.49. The summed E-state index contributed by atoms with van der Waals surface area (Å²) >= 11 is 3.48. The SMILES string of the molecule is COc1ccc(Br)c(C(=O)NC[C@H](c2ccc(N(C)C)cc2)c2c[nH]c3ccccc23)c1. The quantitative estimate of drug-likeness (QED) is 0.355. The minimum atomic E-state index is -0.148. The monoisotopic (exact) mass is 491 g/mol. The van der Waals surface area contributed by atoms with E-state index in [0.29, 0.717) is 17.9 Å². The Morgan fingerprint density at radius 2 is 1.84 bits per heavy atom. The molecule has 4 aromatic rings. The molecule has 0 saturated carbocycles. The van der Waals surface area contributed by atoms with Crippen molar-refractivity contribution in [2.75, 3.05) is 32.6 Å². The number of carbonyl (C=O) groups is 1. The highest BCUT2D eigenvalue weighted by Gasteiger charge is 2.20. The van der Waals surface area contributed by atoms with Crippen LogP contribution in [0.4, 0.5) is 5.69 Å². The number of methoxy groups -OCH3 is 1. The van der Waals surface area contributed by atoms with Gasteiger partial charge in [0.1, 0.15) is 5.75 Å². The van der Waals surface area contributed by atoms with Gasteiger partial charge in [-0.25, -0.2) is 0 Å². The number of hydrogen-bond acceptors (Lipinski definition) is 3. The number of para-hydroxylation sites is 1. The molecule has 0 spiro atoms. The van der Waals surface area contributed by atoms with Crippen molar-refractivity contribution in [1.82, 2.24) is 10.3 Å². The molecule has 1 heterocycles. The Bertz CT molecular complexity index is 1230. The summed E-state index contributed by atoms with van der Waals surface area (Å²) < 4.78 is 6.01. The van der Waals surface area contributed by atoms with E-state index in [2.05, 4.69) is 67.5 Å². The zero-order valence-corrected chi connectivity index (χ0v) is 19.9. The van der Waals surface area contributed by atoms with E-state index in [-0.39, 0.29) is 11.8 Å². The van der Waals surface area contributed by atoms with Gasteiger partial charge in [0, 0.05) is 53.8 Å². The van der Waals surface area contributed by atoms with Crippen molar-refractivity contribution in [3.05, 3.63) is 94.1 Å². The number of nitrogens with one attached hydrogen (secondary N) is 2. The van der Waals surface area contributed by atoms with Gasteiger partial charge in [-0.05, 0) is 63.5 Å². The van der Waals surface area contributed by atoms with Crippen LogP contribution in [-0.4, -0.2) is 38.6 Å². The van der Waals surface area contributed by atoms with Crippen LogP contribution in [0.15, 0.2) is 77.4 Å². The topological polar surface area (TPSA) is 57.4 Å². The lowest BCUT2D eigenvalue weighted by atomic mass is 9.90. The maximum Gasteiger partial charge on any atom is 0.252 e. The number of halogens is 1. The van der Waals surface area contributed by atoms with Crippen LogP contribution in [0.25, 0.3) is 10.9 Å². The summed E-state index contributed by atoms with van der Waals surface area (Å²) in [5, 5.41) is 4.29. The minimum absolute atomic E-state index is 0.00399. The van der Waals surface area contributed by atoms with Crippen molar-refractivity contribution in [2.45, 2.75) is 5.92 Å². The first-order chi connectivity index (χ1) is 15.5. The van der Waals surface area contributed by atoms with E-state index in [4.69, 9.17) is 4.74 Å². The van der Waals surface area contributed by atoms with Gasteiger partial charge in [-0.3, -0.25) is 4.79 Å². The van der Waals surface area contributed by atoms with Gasteiger partial charge in [0.25, 0.3) is 5.91 Å². The highest BCUT2D eigenvalue weighted by molar-refractivity contribution is 9.10. The molecule has 4 rings (SSSR count). The molecule has 2 N–H and O–H groups in total. The molecule has 164 valence electrons. The standard InChI is InChI=1S/C26H26BrN3O2/c1-30(2)18-10-8-17(9-11-18)22(23-16-28-25-7-5-4-6-20(23)25)15-29-26(31)21-14-19(32-3)12-13-24(21)27/h4-14,16,22,28H,15H2,1-3H3,(H,29,31)/t22-/m1/s1. The first-order valence-corrected chi connectivity index (χ1v) is 11.2. The van der Waals surface area contributed by atoms with Crippen molar-refractivity contribution >= 4 is 38.4 Å². The highest BCUT2D eigenvalue weighted by atomic mass is 79.9. The normalized spacial score (nSPS) is 11.9. The molecule has 1 atom stereocenters. The number of rotatable bonds is 7. The highest BCUT2D eigenvalue weighted by Crippen LogP contribution is 2.32. The second-order valence-corrected chi connectivity index (χ2v) is 8.74. The van der Waals surface area contributed by atoms with Gasteiger partial charge < -0.3 is 19.9 Å². The number of H-pyrrole nitrogens is 1. The van der Waals surface area contributed by atoms with Crippen LogP contribution >= 0.6 is 15.9 Å². The van der Waals surface area contributed by atoms with Crippen LogP contribution in [-0.2, 0) is 0 Å². The van der Waals surface area contributed by atoms with E-state index in [0.717, 1.165) is 32.2 Å². The number of fused-ring (bicyclic) bond motifs is 1. The van der Waals surface area contributed by atoms with Gasteiger partial charge >= 0.3 is 0 Å². The molecule has 0 aliphatic rings. The number of aromatic amines is 1. The predicted octanol–water partition coefficient (Wildman–Crippen LogP) is 5.57. The molecule has 0 aliphatic carbocycles. The molecule has 0 saturated heterocycles. The molecule has 1 amide bonds. The lowest BCUT2D eigenvalue weighted by Crippen LogP contribution is -2.29. The van der Waals surface area contributed by atoms with Crippen LogP contribution in [0.1, 0.15) is 27.4 Å². The van der Waals surface area contributed by atoms with E-state index in [9.17, 15) is 4.79 Å². The van der Waals surface area contributed by atoms with Crippen LogP contribution < -0.4 is 15.0 Å². The lowest BCUT2D eigenvalue weighted by Gasteiger charge is -2.20. The summed E-state index contributed by atoms with van der Waals surface area (Å²) in [7, 11) is 5.64. The summed E-state index contributed by atoms with van der Waals surface area (Å²) in [4.78, 5) is 18.5. The molecular weight excluding hydrogens is 466 g/mol. The Hall–Kier alpha value is -3.25. The predicted molar refractivity (Wildman–Crippen MR) is 134 cm³/mol. The molecule has 32 heavy (non-hydrogen) atoms. The lowest BCUT2D eigenvalue weighted by molar-refractivity contribution is 0.0951. The number of amides is 1. The maximum absolute atomic E-state index is 13.0. The fraction of sp³-hybridized carbons (Fsp3) is 0.192. The van der Waals surface area contributed by atoms with Gasteiger partial charge in [0.2, 0.25) is 0 Å². The summed E-state index contributed by atoms with van der Waals surface area (Å²) in [6, 6.07) is 22.1. The zero-order valence-electron chi connectivity index (χ0n) is 18.4. The Morgan fingerprint density at radius 3 is 2.56 bits per heavy atom. The van der Waals surface area contributed by atoms with Gasteiger partial charge in [-0.1, -0.05) is 30.3 Å². The molecule has 0 unspecified atom stereocenters. The van der Waals surface area contributed by atoms with Crippen molar-refractivity contribution < 1.29 is 9.53 Å². The van der Waals surface area contributed by atoms with E-state index in [1.165, 1.54) is 0 Å². The molecule has 0 radical (unpaired) electrons. The maximum atomic E-state index is 13.0. The van der Waals surface area contributed by atoms with Gasteiger partial charge in [0.15, 0.2) is 0 Å². The second-order valence-electron chi connectivity index (χ2n) is 7.88. The first-order valence-electron chi connectivity index (χ1n) is 10.4. The van der Waals surface area contributed by atoms with Crippen LogP contribution in [0.3, 0.4) is 0 Å². The summed E-state index contributed by atoms with van der Waals surface area (Å²) in [6.45, 7) is 0.464. The molecule has 5 nitrogen and oxygen atoms in total. The van der Waals surface area contributed by atoms with Gasteiger partial charge in [-0.15, -0.1) is 0 Å². The number of aromatic nitrogens is 1. The number of nitrogens with zero attached hydrogens (tertiary/aromatic N) is 1.